The Hall–Kier alpha value is -1.10. The van der Waals surface area contributed by atoms with E-state index < -0.39 is 18.1 Å². The molecule has 5 nitrogen and oxygen atoms in total. The van der Waals surface area contributed by atoms with Crippen molar-refractivity contribution in [3.63, 3.8) is 0 Å². The van der Waals surface area contributed by atoms with E-state index >= 15 is 0 Å². The molecule has 3 atom stereocenters. The minimum Gasteiger partial charge on any atom is -0.480 e. The minimum atomic E-state index is -1.01. The van der Waals surface area contributed by atoms with Crippen LogP contribution in [0.2, 0.25) is 0 Å². The van der Waals surface area contributed by atoms with Gasteiger partial charge in [-0.15, -0.1) is 0 Å². The molecule has 0 aliphatic rings. The van der Waals surface area contributed by atoms with Crippen LogP contribution in [0.1, 0.15) is 40.0 Å². The third-order valence-electron chi connectivity index (χ3n) is 2.75. The number of hydrogen-bond donors (Lipinski definition) is 3. The summed E-state index contributed by atoms with van der Waals surface area (Å²) >= 11 is 0. The highest BCUT2D eigenvalue weighted by Crippen LogP contribution is 2.06. The summed E-state index contributed by atoms with van der Waals surface area (Å²) in [6.45, 7) is 5.69. The molecule has 0 saturated carbocycles. The van der Waals surface area contributed by atoms with E-state index in [-0.39, 0.29) is 11.8 Å². The van der Waals surface area contributed by atoms with Gasteiger partial charge in [0.2, 0.25) is 5.91 Å². The molecule has 0 aliphatic carbocycles. The maximum Gasteiger partial charge on any atom is 0.326 e. The van der Waals surface area contributed by atoms with Crippen molar-refractivity contribution in [1.82, 2.24) is 5.32 Å². The number of nitrogens with two attached hydrogens (primary N) is 1. The first kappa shape index (κ1) is 14.9. The third-order valence-corrected chi connectivity index (χ3v) is 2.75. The van der Waals surface area contributed by atoms with Crippen LogP contribution in [-0.2, 0) is 9.59 Å². The molecule has 94 valence electrons. The smallest absolute Gasteiger partial charge is 0.326 e. The van der Waals surface area contributed by atoms with Crippen molar-refractivity contribution in [3.8, 4) is 0 Å². The van der Waals surface area contributed by atoms with E-state index in [4.69, 9.17) is 10.8 Å². The molecular formula is C11H22N2O3. The van der Waals surface area contributed by atoms with Crippen LogP contribution in [0.5, 0.6) is 0 Å². The predicted octanol–water partition coefficient (Wildman–Crippen LogP) is 0.729. The van der Waals surface area contributed by atoms with Crippen LogP contribution in [-0.4, -0.2) is 29.1 Å². The van der Waals surface area contributed by atoms with E-state index in [1.165, 1.54) is 0 Å². The van der Waals surface area contributed by atoms with Crippen molar-refractivity contribution in [2.45, 2.75) is 52.1 Å². The van der Waals surface area contributed by atoms with E-state index in [0.29, 0.717) is 12.8 Å². The number of hydrogen-bond acceptors (Lipinski definition) is 3. The van der Waals surface area contributed by atoms with Gasteiger partial charge < -0.3 is 16.2 Å². The summed E-state index contributed by atoms with van der Waals surface area (Å²) in [6, 6.07) is -1.46. The lowest BCUT2D eigenvalue weighted by Crippen LogP contribution is -2.50. The number of carboxylic acid groups (broad SMARTS) is 1. The first-order valence-corrected chi connectivity index (χ1v) is 5.72. The van der Waals surface area contributed by atoms with Crippen LogP contribution >= 0.6 is 0 Å². The maximum atomic E-state index is 11.6. The van der Waals surface area contributed by atoms with Crippen molar-refractivity contribution in [2.75, 3.05) is 0 Å². The zero-order chi connectivity index (χ0) is 12.7. The summed E-state index contributed by atoms with van der Waals surface area (Å²) in [5.74, 6) is -1.34. The van der Waals surface area contributed by atoms with Crippen molar-refractivity contribution in [2.24, 2.45) is 11.7 Å². The van der Waals surface area contributed by atoms with Gasteiger partial charge in [0.05, 0.1) is 6.04 Å². The number of carbonyl (C=O) groups is 2. The van der Waals surface area contributed by atoms with E-state index in [0.717, 1.165) is 6.42 Å². The third kappa shape index (κ3) is 4.61. The standard InChI is InChI=1S/C11H22N2O3/c1-4-6-8(11(15)16)13-10(14)9(12)7(3)5-2/h7-9H,4-6,12H2,1-3H3,(H,13,14)(H,15,16). The Bertz CT molecular complexity index is 243. The minimum absolute atomic E-state index is 0.0519. The Morgan fingerprint density at radius 3 is 2.31 bits per heavy atom. The second-order valence-corrected chi connectivity index (χ2v) is 4.10. The Balaban J connectivity index is 4.34. The topological polar surface area (TPSA) is 92.4 Å². The lowest BCUT2D eigenvalue weighted by atomic mass is 9.99. The average Bonchev–Trinajstić information content (AvgIpc) is 2.25. The largest absolute Gasteiger partial charge is 0.480 e. The normalized spacial score (nSPS) is 16.2. The van der Waals surface area contributed by atoms with E-state index in [1.807, 2.05) is 20.8 Å². The molecule has 1 amide bonds. The predicted molar refractivity (Wildman–Crippen MR) is 61.9 cm³/mol. The van der Waals surface area contributed by atoms with E-state index in [9.17, 15) is 9.59 Å². The number of nitrogens with one attached hydrogen (secondary N) is 1. The average molecular weight is 230 g/mol. The van der Waals surface area contributed by atoms with Crippen LogP contribution in [0.3, 0.4) is 0 Å². The quantitative estimate of drug-likeness (QED) is 0.601. The molecule has 0 saturated heterocycles. The molecule has 16 heavy (non-hydrogen) atoms. The van der Waals surface area contributed by atoms with E-state index in [2.05, 4.69) is 5.32 Å². The first-order valence-electron chi connectivity index (χ1n) is 5.72. The Kier molecular flexibility index (Phi) is 6.72. The van der Waals surface area contributed by atoms with Crippen LogP contribution in [0, 0.1) is 5.92 Å². The van der Waals surface area contributed by atoms with Gasteiger partial charge in [0.1, 0.15) is 6.04 Å². The fourth-order valence-corrected chi connectivity index (χ4v) is 1.33. The highest BCUT2D eigenvalue weighted by atomic mass is 16.4. The molecule has 0 aromatic rings. The summed E-state index contributed by atoms with van der Waals surface area (Å²) in [4.78, 5) is 22.5. The Labute approximate surface area is 96.4 Å². The maximum absolute atomic E-state index is 11.6. The van der Waals surface area contributed by atoms with Crippen molar-refractivity contribution in [3.05, 3.63) is 0 Å². The number of carboxylic acids is 1. The molecular weight excluding hydrogens is 208 g/mol. The molecule has 0 aromatic carbocycles. The van der Waals surface area contributed by atoms with Gasteiger partial charge in [-0.3, -0.25) is 4.79 Å². The summed E-state index contributed by atoms with van der Waals surface area (Å²) in [5.41, 5.74) is 5.71. The monoisotopic (exact) mass is 230 g/mol. The summed E-state index contributed by atoms with van der Waals surface area (Å²) in [5, 5.41) is 11.3. The van der Waals surface area contributed by atoms with Crippen molar-refractivity contribution < 1.29 is 14.7 Å². The fourth-order valence-electron chi connectivity index (χ4n) is 1.33. The van der Waals surface area contributed by atoms with Crippen LogP contribution < -0.4 is 11.1 Å². The zero-order valence-corrected chi connectivity index (χ0v) is 10.2. The highest BCUT2D eigenvalue weighted by Gasteiger charge is 2.24. The summed E-state index contributed by atoms with van der Waals surface area (Å²) in [6.07, 6.45) is 1.92. The van der Waals surface area contributed by atoms with Gasteiger partial charge >= 0.3 is 5.97 Å². The van der Waals surface area contributed by atoms with Crippen LogP contribution in [0.15, 0.2) is 0 Å². The Morgan fingerprint density at radius 2 is 1.94 bits per heavy atom. The molecule has 0 spiro atoms. The molecule has 3 unspecified atom stereocenters. The molecule has 0 heterocycles. The van der Waals surface area contributed by atoms with Gasteiger partial charge in [-0.2, -0.15) is 0 Å². The molecule has 0 bridgehead atoms. The van der Waals surface area contributed by atoms with Crippen LogP contribution in [0.4, 0.5) is 0 Å². The Morgan fingerprint density at radius 1 is 1.38 bits per heavy atom. The lowest BCUT2D eigenvalue weighted by Gasteiger charge is -2.20. The second kappa shape index (κ2) is 7.22. The number of rotatable bonds is 7. The lowest BCUT2D eigenvalue weighted by molar-refractivity contribution is -0.142. The van der Waals surface area contributed by atoms with Gasteiger partial charge in [0, 0.05) is 0 Å². The number of carbonyl (C=O) groups excluding carboxylic acids is 1. The molecule has 0 fully saturated rings. The van der Waals surface area contributed by atoms with Crippen molar-refractivity contribution in [1.29, 1.82) is 0 Å². The van der Waals surface area contributed by atoms with Gasteiger partial charge in [0.25, 0.3) is 0 Å². The van der Waals surface area contributed by atoms with Gasteiger partial charge in [-0.25, -0.2) is 4.79 Å². The van der Waals surface area contributed by atoms with Crippen molar-refractivity contribution >= 4 is 11.9 Å². The van der Waals surface area contributed by atoms with Gasteiger partial charge in [0.15, 0.2) is 0 Å². The fraction of sp³-hybridized carbons (Fsp3) is 0.818. The number of amides is 1. The molecule has 0 radical (unpaired) electrons. The molecule has 0 aliphatic heterocycles. The van der Waals surface area contributed by atoms with Gasteiger partial charge in [-0.05, 0) is 12.3 Å². The second-order valence-electron chi connectivity index (χ2n) is 4.10. The first-order chi connectivity index (χ1) is 7.43. The van der Waals surface area contributed by atoms with Gasteiger partial charge in [-0.1, -0.05) is 33.6 Å². The molecule has 4 N–H and O–H groups in total. The molecule has 0 aromatic heterocycles. The summed E-state index contributed by atoms with van der Waals surface area (Å²) < 4.78 is 0. The van der Waals surface area contributed by atoms with Crippen LogP contribution in [0.25, 0.3) is 0 Å². The van der Waals surface area contributed by atoms with E-state index in [1.54, 1.807) is 0 Å². The molecule has 0 rings (SSSR count). The summed E-state index contributed by atoms with van der Waals surface area (Å²) in [7, 11) is 0. The molecule has 5 heteroatoms. The zero-order valence-electron chi connectivity index (χ0n) is 10.2. The number of aliphatic carboxylic acids is 1. The SMILES string of the molecule is CCCC(NC(=O)C(N)C(C)CC)C(=O)O. The highest BCUT2D eigenvalue weighted by molar-refractivity contribution is 5.86.